The summed E-state index contributed by atoms with van der Waals surface area (Å²) in [7, 11) is 0. The zero-order chi connectivity index (χ0) is 24.1. The van der Waals surface area contributed by atoms with Gasteiger partial charge in [0.1, 0.15) is 9.85 Å². The second-order valence-electron chi connectivity index (χ2n) is 6.72. The van der Waals surface area contributed by atoms with Gasteiger partial charge in [-0.3, -0.25) is 29.8 Å². The Hall–Kier alpha value is -4.36. The molecule has 2 N–H and O–H groups in total. The van der Waals surface area contributed by atoms with Crippen molar-refractivity contribution < 1.29 is 28.3 Å². The van der Waals surface area contributed by atoms with Gasteiger partial charge in [-0.2, -0.15) is 10.2 Å². The van der Waals surface area contributed by atoms with Crippen molar-refractivity contribution in [1.29, 1.82) is 0 Å². The minimum absolute atomic E-state index is 0.154. The number of carbonyl (C=O) groups excluding carboxylic acids is 2. The molecule has 0 aliphatic rings. The number of amides is 2. The zero-order valence-corrected chi connectivity index (χ0v) is 17.5. The lowest BCUT2D eigenvalue weighted by molar-refractivity contribution is -0.402. The average Bonchev–Trinajstić information content (AvgIpc) is 3.43. The largest absolute Gasteiger partial charge is 0.433 e. The third kappa shape index (κ3) is 9.54. The minimum Gasteiger partial charge on any atom is -0.400 e. The summed E-state index contributed by atoms with van der Waals surface area (Å²) in [6, 6.07) is 5.12. The molecule has 0 saturated heterocycles. The summed E-state index contributed by atoms with van der Waals surface area (Å²) in [6.45, 7) is 0. The number of nitro groups is 2. The van der Waals surface area contributed by atoms with Gasteiger partial charge in [0.15, 0.2) is 11.5 Å². The summed E-state index contributed by atoms with van der Waals surface area (Å²) in [6.07, 6.45) is 6.66. The highest BCUT2D eigenvalue weighted by Crippen LogP contribution is 2.14. The van der Waals surface area contributed by atoms with E-state index in [1.165, 1.54) is 36.7 Å². The van der Waals surface area contributed by atoms with Crippen LogP contribution in [0.1, 0.15) is 56.5 Å². The molecule has 2 aromatic heterocycles. The first-order valence-corrected chi connectivity index (χ1v) is 9.97. The molecule has 14 nitrogen and oxygen atoms in total. The van der Waals surface area contributed by atoms with Crippen molar-refractivity contribution in [2.75, 3.05) is 0 Å². The first kappa shape index (κ1) is 24.9. The van der Waals surface area contributed by atoms with E-state index in [2.05, 4.69) is 21.1 Å². The molecular weight excluding hydrogens is 440 g/mol. The van der Waals surface area contributed by atoms with Crippen LogP contribution in [0.15, 0.2) is 43.3 Å². The van der Waals surface area contributed by atoms with Gasteiger partial charge < -0.3 is 8.83 Å². The summed E-state index contributed by atoms with van der Waals surface area (Å²) in [5.41, 5.74) is 4.64. The second-order valence-corrected chi connectivity index (χ2v) is 6.72. The van der Waals surface area contributed by atoms with Crippen molar-refractivity contribution in [3.63, 3.8) is 0 Å². The Morgan fingerprint density at radius 2 is 1.15 bits per heavy atom. The molecule has 0 aliphatic carbocycles. The van der Waals surface area contributed by atoms with Gasteiger partial charge in [-0.25, -0.2) is 10.9 Å². The van der Waals surface area contributed by atoms with Crippen molar-refractivity contribution in [2.24, 2.45) is 10.2 Å². The molecule has 176 valence electrons. The van der Waals surface area contributed by atoms with Crippen molar-refractivity contribution in [3.05, 3.63) is 56.0 Å². The number of hydrazone groups is 2. The van der Waals surface area contributed by atoms with Crippen molar-refractivity contribution >= 4 is 36.0 Å². The molecular formula is C19H22N6O8. The maximum atomic E-state index is 11.7. The van der Waals surface area contributed by atoms with E-state index in [0.29, 0.717) is 12.8 Å². The predicted octanol–water partition coefficient (Wildman–Crippen LogP) is 3.02. The second kappa shape index (κ2) is 13.1. The van der Waals surface area contributed by atoms with Gasteiger partial charge in [-0.1, -0.05) is 19.3 Å². The lowest BCUT2D eigenvalue weighted by Gasteiger charge is -2.02. The van der Waals surface area contributed by atoms with Crippen LogP contribution in [-0.2, 0) is 9.59 Å². The van der Waals surface area contributed by atoms with Crippen LogP contribution in [0.5, 0.6) is 0 Å². The summed E-state index contributed by atoms with van der Waals surface area (Å²) in [5, 5.41) is 28.4. The molecule has 2 heterocycles. The zero-order valence-electron chi connectivity index (χ0n) is 17.5. The SMILES string of the molecule is O=C(CCCCCCCC(=O)N/N=C\c1ccc([N+](=O)[O-])o1)N/N=C\c1ccc([N+](=O)[O-])o1. The Kier molecular flexibility index (Phi) is 9.92. The molecule has 2 amide bonds. The lowest BCUT2D eigenvalue weighted by atomic mass is 10.1. The molecule has 0 spiro atoms. The number of rotatable bonds is 14. The highest BCUT2D eigenvalue weighted by molar-refractivity contribution is 5.81. The average molecular weight is 462 g/mol. The van der Waals surface area contributed by atoms with E-state index in [1.807, 2.05) is 0 Å². The van der Waals surface area contributed by atoms with Crippen LogP contribution in [0.25, 0.3) is 0 Å². The Morgan fingerprint density at radius 3 is 1.52 bits per heavy atom. The first-order chi connectivity index (χ1) is 15.8. The first-order valence-electron chi connectivity index (χ1n) is 9.97. The number of unbranched alkanes of at least 4 members (excludes halogenated alkanes) is 4. The maximum absolute atomic E-state index is 11.7. The van der Waals surface area contributed by atoms with Gasteiger partial charge in [0, 0.05) is 12.8 Å². The van der Waals surface area contributed by atoms with Crippen LogP contribution >= 0.6 is 0 Å². The smallest absolute Gasteiger partial charge is 0.400 e. The fourth-order valence-corrected chi connectivity index (χ4v) is 2.57. The molecule has 0 unspecified atom stereocenters. The number of carbonyl (C=O) groups is 2. The van der Waals surface area contributed by atoms with E-state index < -0.39 is 21.6 Å². The summed E-state index contributed by atoms with van der Waals surface area (Å²) >= 11 is 0. The monoisotopic (exact) mass is 462 g/mol. The van der Waals surface area contributed by atoms with Gasteiger partial charge in [0.05, 0.1) is 24.6 Å². The van der Waals surface area contributed by atoms with E-state index in [4.69, 9.17) is 8.83 Å². The number of hydrogen-bond acceptors (Lipinski definition) is 10. The molecule has 0 aliphatic heterocycles. The van der Waals surface area contributed by atoms with Crippen LogP contribution in [0.4, 0.5) is 11.8 Å². The van der Waals surface area contributed by atoms with E-state index in [9.17, 15) is 29.8 Å². The third-order valence-electron chi connectivity index (χ3n) is 4.15. The summed E-state index contributed by atoms with van der Waals surface area (Å²) in [5.74, 6) is -1.08. The van der Waals surface area contributed by atoms with E-state index >= 15 is 0 Å². The molecule has 0 radical (unpaired) electrons. The molecule has 0 saturated carbocycles. The van der Waals surface area contributed by atoms with Crippen LogP contribution in [0.2, 0.25) is 0 Å². The normalized spacial score (nSPS) is 11.2. The van der Waals surface area contributed by atoms with E-state index in [0.717, 1.165) is 19.3 Å². The minimum atomic E-state index is -0.671. The fraction of sp³-hybridized carbons (Fsp3) is 0.368. The van der Waals surface area contributed by atoms with Crippen LogP contribution < -0.4 is 10.9 Å². The molecule has 0 atom stereocenters. The topological polar surface area (TPSA) is 195 Å². The van der Waals surface area contributed by atoms with E-state index in [-0.39, 0.29) is 36.2 Å². The molecule has 0 fully saturated rings. The number of furan rings is 2. The van der Waals surface area contributed by atoms with Crippen LogP contribution in [0, 0.1) is 20.2 Å². The Bertz CT molecular complexity index is 945. The van der Waals surface area contributed by atoms with Crippen LogP contribution in [-0.4, -0.2) is 34.1 Å². The Morgan fingerprint density at radius 1 is 0.758 bits per heavy atom. The van der Waals surface area contributed by atoms with Gasteiger partial charge in [0.2, 0.25) is 11.8 Å². The highest BCUT2D eigenvalue weighted by Gasteiger charge is 2.11. The molecule has 0 aromatic carbocycles. The third-order valence-corrected chi connectivity index (χ3v) is 4.15. The molecule has 0 bridgehead atoms. The summed E-state index contributed by atoms with van der Waals surface area (Å²) < 4.78 is 9.74. The van der Waals surface area contributed by atoms with Gasteiger partial charge in [-0.05, 0) is 25.0 Å². The number of nitrogens with one attached hydrogen (secondary N) is 2. The van der Waals surface area contributed by atoms with Crippen molar-refractivity contribution in [3.8, 4) is 0 Å². The Labute approximate surface area is 187 Å². The van der Waals surface area contributed by atoms with E-state index in [1.54, 1.807) is 0 Å². The Balaban J connectivity index is 1.48. The standard InChI is InChI=1S/C19H22N6O8/c26-16(22-20-12-14-8-10-18(32-14)24(28)29)6-4-2-1-3-5-7-17(27)23-21-13-15-9-11-19(33-15)25(30)31/h8-13H,1-7H2,(H,22,26)(H,23,27)/b20-12-,21-13-. The predicted molar refractivity (Wildman–Crippen MR) is 115 cm³/mol. The number of hydrogen-bond donors (Lipinski definition) is 2. The molecule has 2 aromatic rings. The van der Waals surface area contributed by atoms with Crippen molar-refractivity contribution in [2.45, 2.75) is 44.9 Å². The fourth-order valence-electron chi connectivity index (χ4n) is 2.57. The maximum Gasteiger partial charge on any atom is 0.433 e. The quantitative estimate of drug-likeness (QED) is 0.185. The van der Waals surface area contributed by atoms with Crippen LogP contribution in [0.3, 0.4) is 0 Å². The van der Waals surface area contributed by atoms with Gasteiger partial charge >= 0.3 is 11.8 Å². The highest BCUT2D eigenvalue weighted by atomic mass is 16.7. The molecule has 33 heavy (non-hydrogen) atoms. The van der Waals surface area contributed by atoms with Gasteiger partial charge in [-0.15, -0.1) is 0 Å². The molecule has 2 rings (SSSR count). The summed E-state index contributed by atoms with van der Waals surface area (Å²) in [4.78, 5) is 43.0. The molecule has 14 heteroatoms. The number of nitrogens with zero attached hydrogens (tertiary/aromatic N) is 4. The lowest BCUT2D eigenvalue weighted by Crippen LogP contribution is -2.17. The van der Waals surface area contributed by atoms with Crippen molar-refractivity contribution in [1.82, 2.24) is 10.9 Å². The van der Waals surface area contributed by atoms with Gasteiger partial charge in [0.25, 0.3) is 0 Å².